The average Bonchev–Trinajstić information content (AvgIpc) is 3.25. The lowest BCUT2D eigenvalue weighted by Gasteiger charge is -2.17. The quantitative estimate of drug-likeness (QED) is 0.489. The van der Waals surface area contributed by atoms with Crippen molar-refractivity contribution in [3.8, 4) is 11.3 Å². The van der Waals surface area contributed by atoms with Gasteiger partial charge in [0.25, 0.3) is 5.91 Å². The van der Waals surface area contributed by atoms with Crippen LogP contribution in [0.4, 0.5) is 4.39 Å². The molecule has 0 saturated carbocycles. The van der Waals surface area contributed by atoms with Gasteiger partial charge in [0.05, 0.1) is 17.0 Å². The predicted molar refractivity (Wildman–Crippen MR) is 120 cm³/mol. The number of carbonyl (C=O) groups is 2. The zero-order chi connectivity index (χ0) is 24.0. The van der Waals surface area contributed by atoms with E-state index in [9.17, 15) is 22.4 Å². The highest BCUT2D eigenvalue weighted by molar-refractivity contribution is 7.89. The van der Waals surface area contributed by atoms with Crippen LogP contribution < -0.4 is 10.9 Å². The first-order valence-electron chi connectivity index (χ1n) is 10.1. The van der Waals surface area contributed by atoms with E-state index in [2.05, 4.69) is 10.9 Å². The van der Waals surface area contributed by atoms with E-state index in [0.717, 1.165) is 9.87 Å². The topological polar surface area (TPSA) is 109 Å². The van der Waals surface area contributed by atoms with Gasteiger partial charge in [-0.3, -0.25) is 20.4 Å². The fourth-order valence-corrected chi connectivity index (χ4v) is 4.10. The number of rotatable bonds is 8. The summed E-state index contributed by atoms with van der Waals surface area (Å²) in [6.07, 6.45) is 0.236. The summed E-state index contributed by atoms with van der Waals surface area (Å²) >= 11 is 0. The van der Waals surface area contributed by atoms with Gasteiger partial charge in [-0.2, -0.15) is 4.31 Å². The number of likely N-dealkylation sites (N-methyl/N-ethyl adjacent to an activating group) is 1. The largest absolute Gasteiger partial charge is 0.461 e. The van der Waals surface area contributed by atoms with Gasteiger partial charge in [0, 0.05) is 19.9 Å². The van der Waals surface area contributed by atoms with E-state index < -0.39 is 34.2 Å². The Bertz CT molecular complexity index is 1240. The molecule has 0 bridgehead atoms. The number of hydrazine groups is 1. The Balaban J connectivity index is 1.46. The third kappa shape index (κ3) is 6.27. The molecule has 2 aromatic carbocycles. The van der Waals surface area contributed by atoms with Crippen molar-refractivity contribution in [2.75, 3.05) is 13.6 Å². The summed E-state index contributed by atoms with van der Waals surface area (Å²) in [4.78, 5) is 24.2. The molecule has 10 heteroatoms. The fraction of sp³-hybridized carbons (Fsp3) is 0.217. The van der Waals surface area contributed by atoms with Gasteiger partial charge < -0.3 is 4.42 Å². The molecule has 33 heavy (non-hydrogen) atoms. The van der Waals surface area contributed by atoms with E-state index in [1.807, 2.05) is 6.92 Å². The maximum atomic E-state index is 13.8. The molecule has 3 aromatic rings. The highest BCUT2D eigenvalue weighted by Gasteiger charge is 2.23. The standard InChI is InChI=1S/C23H24FN3O5S/c1-16-7-11-18(12-8-16)33(30,31)27(2)15-23(29)26-25-22(28)14-10-17-9-13-21(32-17)19-5-3-4-6-20(19)24/h3-9,11-13H,10,14-15H2,1-2H3,(H,25,28)(H,26,29). The number of benzene rings is 2. The SMILES string of the molecule is Cc1ccc(S(=O)(=O)N(C)CC(=O)NNC(=O)CCc2ccc(-c3ccccc3F)o2)cc1. The third-order valence-electron chi connectivity index (χ3n) is 4.84. The zero-order valence-electron chi connectivity index (χ0n) is 18.2. The zero-order valence-corrected chi connectivity index (χ0v) is 19.0. The van der Waals surface area contributed by atoms with Gasteiger partial charge in [-0.15, -0.1) is 0 Å². The summed E-state index contributed by atoms with van der Waals surface area (Å²) < 4.78 is 45.4. The highest BCUT2D eigenvalue weighted by atomic mass is 32.2. The molecule has 0 aliphatic carbocycles. The second-order valence-electron chi connectivity index (χ2n) is 7.42. The van der Waals surface area contributed by atoms with Crippen LogP contribution in [0.1, 0.15) is 17.7 Å². The van der Waals surface area contributed by atoms with Crippen molar-refractivity contribution < 1.29 is 26.8 Å². The highest BCUT2D eigenvalue weighted by Crippen LogP contribution is 2.25. The number of nitrogens with one attached hydrogen (secondary N) is 2. The lowest BCUT2D eigenvalue weighted by Crippen LogP contribution is -2.46. The number of hydrogen-bond donors (Lipinski definition) is 2. The van der Waals surface area contributed by atoms with Crippen molar-refractivity contribution in [2.45, 2.75) is 24.7 Å². The number of sulfonamides is 1. The average molecular weight is 474 g/mol. The molecule has 2 N–H and O–H groups in total. The molecule has 1 aromatic heterocycles. The number of aryl methyl sites for hydroxylation is 2. The van der Waals surface area contributed by atoms with E-state index in [-0.39, 0.29) is 17.7 Å². The van der Waals surface area contributed by atoms with E-state index >= 15 is 0 Å². The van der Waals surface area contributed by atoms with Crippen molar-refractivity contribution in [1.82, 2.24) is 15.2 Å². The maximum Gasteiger partial charge on any atom is 0.253 e. The number of hydrogen-bond acceptors (Lipinski definition) is 5. The first kappa shape index (κ1) is 24.1. The minimum atomic E-state index is -3.84. The van der Waals surface area contributed by atoms with Crippen LogP contribution in [0, 0.1) is 12.7 Å². The van der Waals surface area contributed by atoms with Crippen LogP contribution >= 0.6 is 0 Å². The van der Waals surface area contributed by atoms with E-state index in [1.165, 1.54) is 25.2 Å². The number of halogens is 1. The second kappa shape index (κ2) is 10.4. The Labute approximate surface area is 191 Å². The minimum absolute atomic E-state index is 0.00199. The maximum absolute atomic E-state index is 13.8. The molecule has 3 rings (SSSR count). The summed E-state index contributed by atoms with van der Waals surface area (Å²) in [7, 11) is -2.56. The van der Waals surface area contributed by atoms with Gasteiger partial charge >= 0.3 is 0 Å². The number of carbonyl (C=O) groups excluding carboxylic acids is 2. The number of nitrogens with zero attached hydrogens (tertiary/aromatic N) is 1. The molecular formula is C23H24FN3O5S. The Morgan fingerprint density at radius 2 is 1.64 bits per heavy atom. The van der Waals surface area contributed by atoms with Gasteiger partial charge in [0.15, 0.2) is 0 Å². The first-order valence-corrected chi connectivity index (χ1v) is 11.5. The second-order valence-corrected chi connectivity index (χ2v) is 9.46. The number of furan rings is 1. The molecule has 2 amide bonds. The molecule has 0 spiro atoms. The van der Waals surface area contributed by atoms with Gasteiger partial charge in [-0.25, -0.2) is 12.8 Å². The molecule has 0 fully saturated rings. The van der Waals surface area contributed by atoms with Crippen molar-refractivity contribution in [3.05, 3.63) is 77.8 Å². The molecule has 0 radical (unpaired) electrons. The molecule has 174 valence electrons. The Morgan fingerprint density at radius 1 is 0.970 bits per heavy atom. The van der Waals surface area contributed by atoms with Crippen molar-refractivity contribution in [1.29, 1.82) is 0 Å². The summed E-state index contributed by atoms with van der Waals surface area (Å²) in [6, 6.07) is 15.7. The van der Waals surface area contributed by atoms with Crippen molar-refractivity contribution in [3.63, 3.8) is 0 Å². The van der Waals surface area contributed by atoms with Crippen LogP contribution in [0.2, 0.25) is 0 Å². The van der Waals surface area contributed by atoms with Crippen LogP contribution in [0.15, 0.2) is 70.0 Å². The summed E-state index contributed by atoms with van der Waals surface area (Å²) in [6.45, 7) is 1.37. The van der Waals surface area contributed by atoms with E-state index in [0.29, 0.717) is 17.1 Å². The van der Waals surface area contributed by atoms with Gasteiger partial charge in [-0.1, -0.05) is 29.8 Å². The molecule has 0 aliphatic rings. The third-order valence-corrected chi connectivity index (χ3v) is 6.65. The van der Waals surface area contributed by atoms with Crippen molar-refractivity contribution in [2.24, 2.45) is 0 Å². The lowest BCUT2D eigenvalue weighted by molar-refractivity contribution is -0.128. The summed E-state index contributed by atoms with van der Waals surface area (Å²) in [5.41, 5.74) is 5.68. The number of amides is 2. The Morgan fingerprint density at radius 3 is 2.33 bits per heavy atom. The molecule has 0 atom stereocenters. The van der Waals surface area contributed by atoms with Gasteiger partial charge in [0.1, 0.15) is 17.3 Å². The van der Waals surface area contributed by atoms with E-state index in [1.54, 1.807) is 42.5 Å². The van der Waals surface area contributed by atoms with Gasteiger partial charge in [0.2, 0.25) is 15.9 Å². The van der Waals surface area contributed by atoms with Crippen LogP contribution in [-0.4, -0.2) is 38.1 Å². The van der Waals surface area contributed by atoms with Gasteiger partial charge in [-0.05, 0) is 43.3 Å². The molecule has 0 aliphatic heterocycles. The first-order chi connectivity index (χ1) is 15.7. The minimum Gasteiger partial charge on any atom is -0.461 e. The molecule has 1 heterocycles. The Kier molecular flexibility index (Phi) is 7.62. The van der Waals surface area contributed by atoms with Crippen LogP contribution in [0.5, 0.6) is 0 Å². The van der Waals surface area contributed by atoms with E-state index in [4.69, 9.17) is 4.42 Å². The summed E-state index contributed by atoms with van der Waals surface area (Å²) in [5, 5.41) is 0. The Hall–Kier alpha value is -3.50. The monoisotopic (exact) mass is 473 g/mol. The van der Waals surface area contributed by atoms with Crippen LogP contribution in [-0.2, 0) is 26.0 Å². The molecule has 8 nitrogen and oxygen atoms in total. The van der Waals surface area contributed by atoms with Crippen LogP contribution in [0.25, 0.3) is 11.3 Å². The molecule has 0 saturated heterocycles. The predicted octanol–water partition coefficient (Wildman–Crippen LogP) is 2.79. The molecule has 0 unspecified atom stereocenters. The normalized spacial score (nSPS) is 11.4. The van der Waals surface area contributed by atoms with Crippen molar-refractivity contribution >= 4 is 21.8 Å². The summed E-state index contributed by atoms with van der Waals surface area (Å²) in [5.74, 6) is -0.751. The van der Waals surface area contributed by atoms with Crippen LogP contribution in [0.3, 0.4) is 0 Å². The smallest absolute Gasteiger partial charge is 0.253 e. The fourth-order valence-electron chi connectivity index (χ4n) is 2.97. The lowest BCUT2D eigenvalue weighted by atomic mass is 10.1. The molecular weight excluding hydrogens is 449 g/mol.